The molecule has 1 aromatic rings. The second-order valence-electron chi connectivity index (χ2n) is 7.13. The number of phenols is 2. The second-order valence-corrected chi connectivity index (χ2v) is 7.13. The van der Waals surface area contributed by atoms with Crippen molar-refractivity contribution < 1.29 is 15.0 Å². The first-order valence-corrected chi connectivity index (χ1v) is 8.15. The summed E-state index contributed by atoms with van der Waals surface area (Å²) in [5.41, 5.74) is 2.00. The molecule has 0 aliphatic heterocycles. The molecule has 0 spiro atoms. The van der Waals surface area contributed by atoms with Crippen LogP contribution in [0, 0.1) is 38.5 Å². The molecular weight excluding hydrogens is 276 g/mol. The molecule has 2 N–H and O–H groups in total. The van der Waals surface area contributed by atoms with E-state index in [1.807, 2.05) is 13.8 Å². The van der Waals surface area contributed by atoms with Crippen molar-refractivity contribution in [3.05, 3.63) is 22.3 Å². The van der Waals surface area contributed by atoms with Crippen LogP contribution in [-0.4, -0.2) is 16.0 Å². The fourth-order valence-corrected chi connectivity index (χ4v) is 2.89. The first-order chi connectivity index (χ1) is 10.1. The summed E-state index contributed by atoms with van der Waals surface area (Å²) in [7, 11) is 0. The Kier molecular flexibility index (Phi) is 6.04. The van der Waals surface area contributed by atoms with E-state index in [2.05, 4.69) is 13.8 Å². The largest absolute Gasteiger partial charge is 0.507 e. The van der Waals surface area contributed by atoms with Gasteiger partial charge in [-0.1, -0.05) is 34.1 Å². The van der Waals surface area contributed by atoms with Crippen molar-refractivity contribution in [1.82, 2.24) is 0 Å². The highest BCUT2D eigenvalue weighted by atomic mass is 16.3. The number of rotatable bonds is 6. The van der Waals surface area contributed by atoms with Gasteiger partial charge in [0.1, 0.15) is 11.5 Å². The van der Waals surface area contributed by atoms with Gasteiger partial charge < -0.3 is 10.2 Å². The van der Waals surface area contributed by atoms with E-state index in [-0.39, 0.29) is 29.1 Å². The van der Waals surface area contributed by atoms with Crippen molar-refractivity contribution in [3.8, 4) is 11.5 Å². The third-order valence-electron chi connectivity index (χ3n) is 4.68. The normalized spacial score (nSPS) is 13.0. The highest BCUT2D eigenvalue weighted by Gasteiger charge is 2.29. The molecule has 0 aromatic heterocycles. The summed E-state index contributed by atoms with van der Waals surface area (Å²) < 4.78 is 0. The minimum absolute atomic E-state index is 0.0213. The molecule has 1 aromatic carbocycles. The van der Waals surface area contributed by atoms with Crippen LogP contribution < -0.4 is 0 Å². The average molecular weight is 306 g/mol. The lowest BCUT2D eigenvalue weighted by Gasteiger charge is -2.23. The van der Waals surface area contributed by atoms with Crippen LogP contribution in [0.15, 0.2) is 0 Å². The van der Waals surface area contributed by atoms with Crippen LogP contribution >= 0.6 is 0 Å². The number of hydrogen-bond donors (Lipinski definition) is 2. The second kappa shape index (κ2) is 7.17. The molecule has 1 unspecified atom stereocenters. The molecule has 22 heavy (non-hydrogen) atoms. The number of aromatic hydroxyl groups is 2. The fourth-order valence-electron chi connectivity index (χ4n) is 2.89. The van der Waals surface area contributed by atoms with Gasteiger partial charge in [-0.25, -0.2) is 0 Å². The van der Waals surface area contributed by atoms with Gasteiger partial charge in [0.05, 0.1) is 5.56 Å². The molecule has 0 radical (unpaired) electrons. The maximum absolute atomic E-state index is 13.0. The highest BCUT2D eigenvalue weighted by Crippen LogP contribution is 2.39. The van der Waals surface area contributed by atoms with Crippen molar-refractivity contribution >= 4 is 5.78 Å². The summed E-state index contributed by atoms with van der Waals surface area (Å²) in [6.07, 6.45) is 1.78. The van der Waals surface area contributed by atoms with Crippen LogP contribution in [0.1, 0.15) is 67.6 Å². The van der Waals surface area contributed by atoms with Gasteiger partial charge >= 0.3 is 0 Å². The molecule has 0 heterocycles. The highest BCUT2D eigenvalue weighted by molar-refractivity contribution is 6.02. The van der Waals surface area contributed by atoms with Gasteiger partial charge in [0.2, 0.25) is 0 Å². The fraction of sp³-hybridized carbons (Fsp3) is 0.632. The van der Waals surface area contributed by atoms with E-state index in [1.54, 1.807) is 20.8 Å². The van der Waals surface area contributed by atoms with Crippen molar-refractivity contribution in [3.63, 3.8) is 0 Å². The maximum atomic E-state index is 13.0. The van der Waals surface area contributed by atoms with Gasteiger partial charge in [0.25, 0.3) is 0 Å². The number of benzene rings is 1. The molecule has 124 valence electrons. The van der Waals surface area contributed by atoms with Crippen LogP contribution in [0.4, 0.5) is 0 Å². The summed E-state index contributed by atoms with van der Waals surface area (Å²) >= 11 is 0. The van der Waals surface area contributed by atoms with Gasteiger partial charge in [0.15, 0.2) is 5.78 Å². The van der Waals surface area contributed by atoms with Crippen LogP contribution in [0.25, 0.3) is 0 Å². The minimum Gasteiger partial charge on any atom is -0.507 e. The van der Waals surface area contributed by atoms with E-state index in [1.165, 1.54) is 0 Å². The standard InChI is InChI=1S/C19H30O3/c1-10(2)8-9-15(11(3)4)19(22)16-14(7)17(20)12(5)13(6)18(16)21/h10-11,15,20-21H,8-9H2,1-7H3. The Labute approximate surface area is 134 Å². The van der Waals surface area contributed by atoms with Crippen LogP contribution in [-0.2, 0) is 0 Å². The van der Waals surface area contributed by atoms with Crippen LogP contribution in [0.5, 0.6) is 11.5 Å². The van der Waals surface area contributed by atoms with Gasteiger partial charge in [-0.15, -0.1) is 0 Å². The first-order valence-electron chi connectivity index (χ1n) is 8.15. The van der Waals surface area contributed by atoms with Gasteiger partial charge in [-0.05, 0) is 50.2 Å². The summed E-state index contributed by atoms with van der Waals surface area (Å²) in [5.74, 6) is 0.696. The van der Waals surface area contributed by atoms with Gasteiger partial charge in [-0.2, -0.15) is 0 Å². The summed E-state index contributed by atoms with van der Waals surface area (Å²) in [6.45, 7) is 13.6. The molecule has 0 bridgehead atoms. The molecule has 0 saturated carbocycles. The lowest BCUT2D eigenvalue weighted by Crippen LogP contribution is -2.22. The lowest BCUT2D eigenvalue weighted by molar-refractivity contribution is 0.0867. The van der Waals surface area contributed by atoms with Gasteiger partial charge in [-0.3, -0.25) is 4.79 Å². The molecule has 0 aliphatic rings. The Morgan fingerprint density at radius 2 is 1.36 bits per heavy atom. The third kappa shape index (κ3) is 3.63. The number of ketones is 1. The van der Waals surface area contributed by atoms with E-state index in [0.29, 0.717) is 28.2 Å². The smallest absolute Gasteiger partial charge is 0.170 e. The third-order valence-corrected chi connectivity index (χ3v) is 4.68. The van der Waals surface area contributed by atoms with Crippen molar-refractivity contribution in [2.45, 2.75) is 61.3 Å². The molecule has 1 atom stereocenters. The number of carbonyl (C=O) groups excluding carboxylic acids is 1. The number of Topliss-reactive ketones (excluding diaryl/α,β-unsaturated/α-hetero) is 1. The zero-order valence-corrected chi connectivity index (χ0v) is 14.9. The molecule has 0 amide bonds. The summed E-state index contributed by atoms with van der Waals surface area (Å²) in [5, 5.41) is 20.6. The Hall–Kier alpha value is -1.51. The Balaban J connectivity index is 3.31. The van der Waals surface area contributed by atoms with Crippen molar-refractivity contribution in [1.29, 1.82) is 0 Å². The maximum Gasteiger partial charge on any atom is 0.170 e. The predicted molar refractivity (Wildman–Crippen MR) is 90.7 cm³/mol. The Morgan fingerprint density at radius 1 is 0.864 bits per heavy atom. The zero-order chi connectivity index (χ0) is 17.2. The first kappa shape index (κ1) is 18.5. The zero-order valence-electron chi connectivity index (χ0n) is 14.9. The molecule has 0 fully saturated rings. The Morgan fingerprint density at radius 3 is 1.82 bits per heavy atom. The van der Waals surface area contributed by atoms with E-state index < -0.39 is 0 Å². The average Bonchev–Trinajstić information content (AvgIpc) is 2.42. The van der Waals surface area contributed by atoms with E-state index >= 15 is 0 Å². The molecule has 1 rings (SSSR count). The molecular formula is C19H30O3. The summed E-state index contributed by atoms with van der Waals surface area (Å²) in [6, 6.07) is 0. The molecule has 0 aliphatic carbocycles. The lowest BCUT2D eigenvalue weighted by atomic mass is 9.80. The predicted octanol–water partition coefficient (Wildman–Crippen LogP) is 4.91. The number of hydrogen-bond acceptors (Lipinski definition) is 3. The minimum atomic E-state index is -0.131. The SMILES string of the molecule is Cc1c(C)c(O)c(C(=O)C(CCC(C)C)C(C)C)c(C)c1O. The van der Waals surface area contributed by atoms with Crippen molar-refractivity contribution in [2.75, 3.05) is 0 Å². The summed E-state index contributed by atoms with van der Waals surface area (Å²) in [4.78, 5) is 13.0. The monoisotopic (exact) mass is 306 g/mol. The molecule has 0 saturated heterocycles. The Bertz CT molecular complexity index is 527. The van der Waals surface area contributed by atoms with E-state index in [4.69, 9.17) is 0 Å². The number of carbonyl (C=O) groups is 1. The van der Waals surface area contributed by atoms with Crippen LogP contribution in [0.3, 0.4) is 0 Å². The quantitative estimate of drug-likeness (QED) is 0.579. The molecule has 3 heteroatoms. The topological polar surface area (TPSA) is 57.5 Å². The molecule has 3 nitrogen and oxygen atoms in total. The van der Waals surface area contributed by atoms with E-state index in [9.17, 15) is 15.0 Å². The van der Waals surface area contributed by atoms with Gasteiger partial charge in [0, 0.05) is 11.5 Å². The van der Waals surface area contributed by atoms with Crippen molar-refractivity contribution in [2.24, 2.45) is 17.8 Å². The van der Waals surface area contributed by atoms with Crippen LogP contribution in [0.2, 0.25) is 0 Å². The van der Waals surface area contributed by atoms with E-state index in [0.717, 1.165) is 12.8 Å². The number of phenolic OH excluding ortho intramolecular Hbond substituents is 2.